The van der Waals surface area contributed by atoms with Crippen molar-refractivity contribution in [2.75, 3.05) is 19.7 Å². The van der Waals surface area contributed by atoms with Crippen molar-refractivity contribution < 1.29 is 14.3 Å². The molecule has 26 heavy (non-hydrogen) atoms. The van der Waals surface area contributed by atoms with Gasteiger partial charge in [0.2, 0.25) is 0 Å². The van der Waals surface area contributed by atoms with Crippen molar-refractivity contribution in [1.29, 1.82) is 5.26 Å². The monoisotopic (exact) mass is 350 g/mol. The molecule has 2 aromatic carbocycles. The van der Waals surface area contributed by atoms with Gasteiger partial charge < -0.3 is 14.4 Å². The van der Waals surface area contributed by atoms with E-state index in [2.05, 4.69) is 6.07 Å². The maximum absolute atomic E-state index is 12.3. The molecule has 1 saturated heterocycles. The number of hydrogen-bond acceptors (Lipinski definition) is 4. The average Bonchev–Trinajstić information content (AvgIpc) is 2.66. The summed E-state index contributed by atoms with van der Waals surface area (Å²) >= 11 is 0. The van der Waals surface area contributed by atoms with Crippen LogP contribution in [-0.4, -0.2) is 42.7 Å². The van der Waals surface area contributed by atoms with Gasteiger partial charge in [-0.3, -0.25) is 4.79 Å². The second-order valence-corrected chi connectivity index (χ2v) is 6.56. The van der Waals surface area contributed by atoms with E-state index in [1.165, 1.54) is 0 Å². The van der Waals surface area contributed by atoms with Gasteiger partial charge in [-0.1, -0.05) is 24.3 Å². The van der Waals surface area contributed by atoms with Crippen LogP contribution in [0.25, 0.3) is 11.1 Å². The van der Waals surface area contributed by atoms with Crippen LogP contribution in [0.3, 0.4) is 0 Å². The zero-order valence-corrected chi connectivity index (χ0v) is 15.0. The first kappa shape index (κ1) is 18.0. The first-order valence-electron chi connectivity index (χ1n) is 8.72. The summed E-state index contributed by atoms with van der Waals surface area (Å²) in [5.74, 6) is 0.633. The van der Waals surface area contributed by atoms with Crippen LogP contribution < -0.4 is 4.74 Å². The van der Waals surface area contributed by atoms with Crippen LogP contribution >= 0.6 is 0 Å². The highest BCUT2D eigenvalue weighted by Gasteiger charge is 2.25. The molecule has 1 heterocycles. The summed E-state index contributed by atoms with van der Waals surface area (Å²) in [5.41, 5.74) is 2.70. The van der Waals surface area contributed by atoms with E-state index in [0.717, 1.165) is 11.1 Å². The van der Waals surface area contributed by atoms with Gasteiger partial charge >= 0.3 is 0 Å². The molecule has 134 valence electrons. The van der Waals surface area contributed by atoms with Crippen molar-refractivity contribution in [2.24, 2.45) is 0 Å². The third kappa shape index (κ3) is 4.41. The van der Waals surface area contributed by atoms with Crippen molar-refractivity contribution >= 4 is 5.91 Å². The highest BCUT2D eigenvalue weighted by Crippen LogP contribution is 2.23. The predicted molar refractivity (Wildman–Crippen MR) is 98.7 cm³/mol. The summed E-state index contributed by atoms with van der Waals surface area (Å²) < 4.78 is 11.3. The highest BCUT2D eigenvalue weighted by atomic mass is 16.5. The number of ether oxygens (including phenoxy) is 2. The zero-order chi connectivity index (χ0) is 18.5. The maximum atomic E-state index is 12.3. The van der Waals surface area contributed by atoms with E-state index in [-0.39, 0.29) is 24.7 Å². The maximum Gasteiger partial charge on any atom is 0.260 e. The molecule has 0 bridgehead atoms. The van der Waals surface area contributed by atoms with E-state index in [0.29, 0.717) is 24.4 Å². The third-order valence-corrected chi connectivity index (χ3v) is 4.34. The molecule has 1 amide bonds. The lowest BCUT2D eigenvalue weighted by molar-refractivity contribution is -0.145. The fourth-order valence-electron chi connectivity index (χ4n) is 3.10. The molecule has 2 atom stereocenters. The number of amides is 1. The normalized spacial score (nSPS) is 19.7. The molecule has 0 saturated carbocycles. The van der Waals surface area contributed by atoms with Crippen LogP contribution in [0.4, 0.5) is 0 Å². The summed E-state index contributed by atoms with van der Waals surface area (Å²) in [5, 5.41) is 8.86. The quantitative estimate of drug-likeness (QED) is 0.849. The SMILES string of the molecule is C[C@@H]1CN(C(=O)COc2ccc(-c3ccc(C#N)cc3)cc2)C[C@H](C)O1. The lowest BCUT2D eigenvalue weighted by Gasteiger charge is -2.35. The summed E-state index contributed by atoms with van der Waals surface area (Å²) in [7, 11) is 0. The minimum Gasteiger partial charge on any atom is -0.484 e. The molecule has 1 fully saturated rings. The largest absolute Gasteiger partial charge is 0.484 e. The van der Waals surface area contributed by atoms with Crippen LogP contribution in [0.2, 0.25) is 0 Å². The van der Waals surface area contributed by atoms with E-state index in [1.54, 1.807) is 17.0 Å². The van der Waals surface area contributed by atoms with Crippen LogP contribution in [0, 0.1) is 11.3 Å². The Morgan fingerprint density at radius 1 is 1.08 bits per heavy atom. The topological polar surface area (TPSA) is 62.6 Å². The average molecular weight is 350 g/mol. The van der Waals surface area contributed by atoms with E-state index in [1.807, 2.05) is 50.2 Å². The number of carbonyl (C=O) groups excluding carboxylic acids is 1. The number of hydrogen-bond donors (Lipinski definition) is 0. The fourth-order valence-corrected chi connectivity index (χ4v) is 3.10. The van der Waals surface area contributed by atoms with Gasteiger partial charge in [0.25, 0.3) is 5.91 Å². The molecule has 0 aromatic heterocycles. The summed E-state index contributed by atoms with van der Waals surface area (Å²) in [6.45, 7) is 5.17. The summed E-state index contributed by atoms with van der Waals surface area (Å²) in [4.78, 5) is 14.1. The van der Waals surface area contributed by atoms with Gasteiger partial charge in [0.05, 0.1) is 23.8 Å². The third-order valence-electron chi connectivity index (χ3n) is 4.34. The molecule has 3 rings (SSSR count). The predicted octanol–water partition coefficient (Wildman–Crippen LogP) is 3.24. The Bertz CT molecular complexity index is 784. The fraction of sp³-hybridized carbons (Fsp3) is 0.333. The Morgan fingerprint density at radius 2 is 1.62 bits per heavy atom. The molecule has 5 nitrogen and oxygen atoms in total. The highest BCUT2D eigenvalue weighted by molar-refractivity contribution is 5.78. The number of nitriles is 1. The van der Waals surface area contributed by atoms with Gasteiger partial charge in [-0.25, -0.2) is 0 Å². The van der Waals surface area contributed by atoms with E-state index >= 15 is 0 Å². The molecule has 0 N–H and O–H groups in total. The van der Waals surface area contributed by atoms with Crippen LogP contribution in [0.5, 0.6) is 5.75 Å². The first-order chi connectivity index (χ1) is 12.5. The van der Waals surface area contributed by atoms with E-state index in [9.17, 15) is 4.79 Å². The van der Waals surface area contributed by atoms with Crippen molar-refractivity contribution in [3.63, 3.8) is 0 Å². The van der Waals surface area contributed by atoms with Crippen molar-refractivity contribution in [1.82, 2.24) is 4.90 Å². The molecule has 0 unspecified atom stereocenters. The van der Waals surface area contributed by atoms with Crippen molar-refractivity contribution in [2.45, 2.75) is 26.1 Å². The molecule has 5 heteroatoms. The number of benzene rings is 2. The number of nitrogens with zero attached hydrogens (tertiary/aromatic N) is 2. The Kier molecular flexibility index (Phi) is 5.55. The van der Waals surface area contributed by atoms with Crippen molar-refractivity contribution in [3.05, 3.63) is 54.1 Å². The van der Waals surface area contributed by atoms with Gasteiger partial charge in [-0.15, -0.1) is 0 Å². The first-order valence-corrected chi connectivity index (χ1v) is 8.72. The molecule has 0 radical (unpaired) electrons. The van der Waals surface area contributed by atoms with Crippen LogP contribution in [0.15, 0.2) is 48.5 Å². The Balaban J connectivity index is 1.57. The molecule has 0 aliphatic carbocycles. The molecular weight excluding hydrogens is 328 g/mol. The molecule has 1 aliphatic heterocycles. The zero-order valence-electron chi connectivity index (χ0n) is 15.0. The lowest BCUT2D eigenvalue weighted by atomic mass is 10.0. The Hall–Kier alpha value is -2.84. The van der Waals surface area contributed by atoms with Gasteiger partial charge in [-0.05, 0) is 49.2 Å². The minimum absolute atomic E-state index is 0.0235. The molecule has 1 aliphatic rings. The number of rotatable bonds is 4. The molecule has 0 spiro atoms. The molecular formula is C21H22N2O3. The van der Waals surface area contributed by atoms with E-state index in [4.69, 9.17) is 14.7 Å². The summed E-state index contributed by atoms with van der Waals surface area (Å²) in [6.07, 6.45) is 0.101. The summed E-state index contributed by atoms with van der Waals surface area (Å²) in [6, 6.07) is 17.1. The Labute approximate surface area is 153 Å². The van der Waals surface area contributed by atoms with Crippen LogP contribution in [-0.2, 0) is 9.53 Å². The van der Waals surface area contributed by atoms with Gasteiger partial charge in [0.1, 0.15) is 5.75 Å². The Morgan fingerprint density at radius 3 is 2.15 bits per heavy atom. The second-order valence-electron chi connectivity index (χ2n) is 6.56. The number of carbonyl (C=O) groups is 1. The van der Waals surface area contributed by atoms with Gasteiger partial charge in [0, 0.05) is 13.1 Å². The van der Waals surface area contributed by atoms with Gasteiger partial charge in [-0.2, -0.15) is 5.26 Å². The standard InChI is InChI=1S/C21H22N2O3/c1-15-12-23(13-16(2)26-15)21(24)14-25-20-9-7-19(8-10-20)18-5-3-17(11-22)4-6-18/h3-10,15-16H,12-14H2,1-2H3/t15-,16+. The lowest BCUT2D eigenvalue weighted by Crippen LogP contribution is -2.49. The number of morpholine rings is 1. The van der Waals surface area contributed by atoms with Crippen LogP contribution in [0.1, 0.15) is 19.4 Å². The smallest absolute Gasteiger partial charge is 0.260 e. The van der Waals surface area contributed by atoms with Crippen molar-refractivity contribution in [3.8, 4) is 22.9 Å². The molecule has 2 aromatic rings. The van der Waals surface area contributed by atoms with Gasteiger partial charge in [0.15, 0.2) is 6.61 Å². The van der Waals surface area contributed by atoms with E-state index < -0.39 is 0 Å². The minimum atomic E-state index is -0.0248. The second kappa shape index (κ2) is 8.03.